The molecule has 0 saturated carbocycles. The SMILES string of the molecule is CCOc1ccc(NC(=O)[C@H]2[C@H]3C(=O)N(CCCO)C(C(=O)NCCN4CCOCC4)C34CC[C@]2(C)O4)cc1. The van der Waals surface area contributed by atoms with Crippen molar-refractivity contribution < 1.29 is 33.7 Å². The fraction of sp³-hybridized carbons (Fsp3) is 0.679. The smallest absolute Gasteiger partial charge is 0.245 e. The van der Waals surface area contributed by atoms with E-state index in [1.165, 1.54) is 4.90 Å². The number of anilines is 1. The number of amides is 3. The molecule has 214 valence electrons. The summed E-state index contributed by atoms with van der Waals surface area (Å²) in [5.41, 5.74) is -1.33. The van der Waals surface area contributed by atoms with Crippen LogP contribution in [0.2, 0.25) is 0 Å². The van der Waals surface area contributed by atoms with Crippen LogP contribution in [0.15, 0.2) is 24.3 Å². The first-order chi connectivity index (χ1) is 18.8. The Morgan fingerprint density at radius 3 is 2.56 bits per heavy atom. The number of hydrogen-bond acceptors (Lipinski definition) is 8. The average molecular weight is 545 g/mol. The second-order valence-corrected chi connectivity index (χ2v) is 11.0. The Balaban J connectivity index is 1.35. The number of nitrogens with one attached hydrogen (secondary N) is 2. The second kappa shape index (κ2) is 11.4. The van der Waals surface area contributed by atoms with Gasteiger partial charge in [0.25, 0.3) is 0 Å². The lowest BCUT2D eigenvalue weighted by molar-refractivity contribution is -0.145. The molecule has 11 nitrogen and oxygen atoms in total. The second-order valence-electron chi connectivity index (χ2n) is 11.0. The van der Waals surface area contributed by atoms with Crippen LogP contribution in [0.3, 0.4) is 0 Å². The van der Waals surface area contributed by atoms with Crippen LogP contribution in [0.1, 0.15) is 33.1 Å². The lowest BCUT2D eigenvalue weighted by atomic mass is 9.66. The van der Waals surface area contributed by atoms with Crippen LogP contribution in [0.25, 0.3) is 0 Å². The molecular weight excluding hydrogens is 504 g/mol. The molecule has 4 aliphatic heterocycles. The van der Waals surface area contributed by atoms with Gasteiger partial charge in [-0.25, -0.2) is 0 Å². The van der Waals surface area contributed by atoms with Crippen molar-refractivity contribution in [1.29, 1.82) is 0 Å². The minimum absolute atomic E-state index is 0.104. The maximum Gasteiger partial charge on any atom is 0.245 e. The van der Waals surface area contributed by atoms with E-state index in [9.17, 15) is 19.5 Å². The summed E-state index contributed by atoms with van der Waals surface area (Å²) in [6, 6.07) is 6.26. The standard InChI is InChI=1S/C28H40N4O7/c1-3-38-20-7-5-19(6-8-20)30-24(34)21-22-26(36)32(12-4-16-33)23(28(22)10-9-27(21,2)39-28)25(35)29-11-13-31-14-17-37-18-15-31/h5-8,21-23,33H,3-4,9-18H2,1-2H3,(H,29,35)(H,30,34)/t21-,22+,23?,27+,28?/m1/s1. The maximum absolute atomic E-state index is 13.9. The van der Waals surface area contributed by atoms with E-state index in [-0.39, 0.29) is 30.9 Å². The largest absolute Gasteiger partial charge is 0.494 e. The van der Waals surface area contributed by atoms with Crippen molar-refractivity contribution in [2.24, 2.45) is 11.8 Å². The number of carbonyl (C=O) groups is 3. The van der Waals surface area contributed by atoms with Gasteiger partial charge in [-0.15, -0.1) is 0 Å². The summed E-state index contributed by atoms with van der Waals surface area (Å²) in [6.45, 7) is 8.57. The van der Waals surface area contributed by atoms with Crippen molar-refractivity contribution in [3.05, 3.63) is 24.3 Å². The number of hydrogen-bond donors (Lipinski definition) is 3. The highest BCUT2D eigenvalue weighted by Gasteiger charge is 2.77. The van der Waals surface area contributed by atoms with E-state index in [0.29, 0.717) is 63.6 Å². The summed E-state index contributed by atoms with van der Waals surface area (Å²) < 4.78 is 17.5. The van der Waals surface area contributed by atoms with Crippen molar-refractivity contribution in [3.63, 3.8) is 0 Å². The monoisotopic (exact) mass is 544 g/mol. The van der Waals surface area contributed by atoms with Gasteiger partial charge in [-0.05, 0) is 57.4 Å². The summed E-state index contributed by atoms with van der Waals surface area (Å²) in [6.07, 6.45) is 1.43. The molecule has 4 saturated heterocycles. The Hall–Kier alpha value is -2.73. The lowest BCUT2D eigenvalue weighted by Gasteiger charge is -2.33. The third kappa shape index (κ3) is 5.13. The third-order valence-corrected chi connectivity index (χ3v) is 8.63. The molecule has 0 aliphatic carbocycles. The number of morpholine rings is 1. The predicted octanol–water partition coefficient (Wildman–Crippen LogP) is 0.619. The molecule has 1 aromatic rings. The molecule has 11 heteroatoms. The molecular formula is C28H40N4O7. The Labute approximate surface area is 229 Å². The minimum atomic E-state index is -1.08. The lowest BCUT2D eigenvalue weighted by Crippen LogP contribution is -2.56. The summed E-state index contributed by atoms with van der Waals surface area (Å²) >= 11 is 0. The van der Waals surface area contributed by atoms with E-state index < -0.39 is 29.1 Å². The fourth-order valence-electron chi connectivity index (χ4n) is 6.89. The van der Waals surface area contributed by atoms with Gasteiger partial charge in [0.05, 0.1) is 37.3 Å². The average Bonchev–Trinajstić information content (AvgIpc) is 3.49. The normalized spacial score (nSPS) is 31.8. The first-order valence-electron chi connectivity index (χ1n) is 14.1. The van der Waals surface area contributed by atoms with Gasteiger partial charge in [-0.1, -0.05) is 0 Å². The highest BCUT2D eigenvalue weighted by molar-refractivity contribution is 6.02. The van der Waals surface area contributed by atoms with Crippen LogP contribution < -0.4 is 15.4 Å². The van der Waals surface area contributed by atoms with Gasteiger partial charge in [-0.3, -0.25) is 19.3 Å². The molecule has 0 radical (unpaired) electrons. The van der Waals surface area contributed by atoms with Crippen LogP contribution in [0, 0.1) is 11.8 Å². The molecule has 4 aliphatic rings. The minimum Gasteiger partial charge on any atom is -0.494 e. The first kappa shape index (κ1) is 27.8. The van der Waals surface area contributed by atoms with Crippen LogP contribution >= 0.6 is 0 Å². The molecule has 3 amide bonds. The van der Waals surface area contributed by atoms with Crippen LogP contribution in [0.4, 0.5) is 5.69 Å². The van der Waals surface area contributed by atoms with Gasteiger partial charge < -0.3 is 34.9 Å². The number of ether oxygens (including phenoxy) is 3. The molecule has 4 fully saturated rings. The van der Waals surface area contributed by atoms with E-state index in [4.69, 9.17) is 14.2 Å². The van der Waals surface area contributed by atoms with Crippen molar-refractivity contribution >= 4 is 23.4 Å². The number of aliphatic hydroxyl groups excluding tert-OH is 1. The van der Waals surface area contributed by atoms with Gasteiger partial charge in [0.1, 0.15) is 17.4 Å². The number of likely N-dealkylation sites (tertiary alicyclic amines) is 1. The number of nitrogens with zero attached hydrogens (tertiary/aromatic N) is 2. The predicted molar refractivity (Wildman–Crippen MR) is 142 cm³/mol. The molecule has 1 aromatic carbocycles. The third-order valence-electron chi connectivity index (χ3n) is 8.63. The topological polar surface area (TPSA) is 130 Å². The van der Waals surface area contributed by atoms with E-state index in [0.717, 1.165) is 13.1 Å². The zero-order valence-corrected chi connectivity index (χ0v) is 22.8. The number of benzene rings is 1. The Morgan fingerprint density at radius 2 is 1.87 bits per heavy atom. The van der Waals surface area contributed by atoms with Gasteiger partial charge >= 0.3 is 0 Å². The molecule has 1 spiro atoms. The Kier molecular flexibility index (Phi) is 8.14. The van der Waals surface area contributed by atoms with Crippen LogP contribution in [0.5, 0.6) is 5.75 Å². The molecule has 5 atom stereocenters. The van der Waals surface area contributed by atoms with Gasteiger partial charge in [0.2, 0.25) is 17.7 Å². The van der Waals surface area contributed by atoms with Crippen molar-refractivity contribution in [1.82, 2.24) is 15.1 Å². The Bertz CT molecular complexity index is 1060. The van der Waals surface area contributed by atoms with Crippen molar-refractivity contribution in [3.8, 4) is 5.75 Å². The zero-order chi connectivity index (χ0) is 27.6. The van der Waals surface area contributed by atoms with Crippen LogP contribution in [-0.4, -0.2) is 109 Å². The van der Waals surface area contributed by atoms with E-state index in [1.807, 2.05) is 13.8 Å². The molecule has 2 unspecified atom stereocenters. The van der Waals surface area contributed by atoms with Gasteiger partial charge in [0, 0.05) is 45.0 Å². The van der Waals surface area contributed by atoms with Crippen molar-refractivity contribution in [2.75, 3.05) is 64.5 Å². The van der Waals surface area contributed by atoms with Crippen molar-refractivity contribution in [2.45, 2.75) is 50.4 Å². The van der Waals surface area contributed by atoms with E-state index in [2.05, 4.69) is 15.5 Å². The molecule has 5 rings (SSSR count). The number of aliphatic hydroxyl groups is 1. The summed E-state index contributed by atoms with van der Waals surface area (Å²) in [5.74, 6) is -1.63. The van der Waals surface area contributed by atoms with E-state index in [1.54, 1.807) is 24.3 Å². The number of rotatable bonds is 11. The van der Waals surface area contributed by atoms with Gasteiger partial charge in [-0.2, -0.15) is 0 Å². The molecule has 4 heterocycles. The quantitative estimate of drug-likeness (QED) is 0.370. The van der Waals surface area contributed by atoms with Crippen LogP contribution in [-0.2, 0) is 23.9 Å². The van der Waals surface area contributed by atoms with E-state index >= 15 is 0 Å². The molecule has 0 aromatic heterocycles. The molecule has 39 heavy (non-hydrogen) atoms. The highest BCUT2D eigenvalue weighted by atomic mass is 16.5. The maximum atomic E-state index is 13.9. The fourth-order valence-corrected chi connectivity index (χ4v) is 6.89. The summed E-state index contributed by atoms with van der Waals surface area (Å²) in [4.78, 5) is 45.1. The van der Waals surface area contributed by atoms with Gasteiger partial charge in [0.15, 0.2) is 0 Å². The molecule has 2 bridgehead atoms. The highest BCUT2D eigenvalue weighted by Crippen LogP contribution is 2.63. The first-order valence-corrected chi connectivity index (χ1v) is 14.1. The number of fused-ring (bicyclic) bond motifs is 1. The molecule has 3 N–H and O–H groups in total. The summed E-state index contributed by atoms with van der Waals surface area (Å²) in [7, 11) is 0. The Morgan fingerprint density at radius 1 is 1.13 bits per heavy atom. The zero-order valence-electron chi connectivity index (χ0n) is 22.8. The summed E-state index contributed by atoms with van der Waals surface area (Å²) in [5, 5.41) is 15.5. The number of carbonyl (C=O) groups excluding carboxylic acids is 3.